The van der Waals surface area contributed by atoms with Crippen molar-refractivity contribution in [2.45, 2.75) is 0 Å². The Labute approximate surface area is 130 Å². The zero-order chi connectivity index (χ0) is 15.1. The molecule has 2 aromatic rings. The molecule has 0 aliphatic carbocycles. The lowest BCUT2D eigenvalue weighted by Gasteiger charge is -2.04. The van der Waals surface area contributed by atoms with Crippen molar-refractivity contribution in [3.63, 3.8) is 0 Å². The molecule has 3 rings (SSSR count). The summed E-state index contributed by atoms with van der Waals surface area (Å²) in [6.45, 7) is 0. The number of halogens is 2. The van der Waals surface area contributed by atoms with Crippen LogP contribution < -0.4 is 4.74 Å². The Morgan fingerprint density at radius 2 is 1.86 bits per heavy atom. The smallest absolute Gasteiger partial charge is 0.273 e. The van der Waals surface area contributed by atoms with Crippen LogP contribution in [0.15, 0.2) is 36.4 Å². The van der Waals surface area contributed by atoms with Crippen LogP contribution in [0.3, 0.4) is 0 Å². The van der Waals surface area contributed by atoms with E-state index in [9.17, 15) is 10.0 Å². The number of Topliss-reactive ketones (excluding diaryl/α,β-unsaturated/α-hetero) is 1. The Kier molecular flexibility index (Phi) is 3.35. The Morgan fingerprint density at radius 3 is 2.57 bits per heavy atom. The highest BCUT2D eigenvalue weighted by atomic mass is 35.5. The fraction of sp³-hybridized carbons (Fsp3) is 0.0667. The van der Waals surface area contributed by atoms with E-state index in [2.05, 4.69) is 0 Å². The lowest BCUT2D eigenvalue weighted by Crippen LogP contribution is -2.16. The summed E-state index contributed by atoms with van der Waals surface area (Å²) in [5.41, 5.74) is 0.962. The van der Waals surface area contributed by atoms with Gasteiger partial charge >= 0.3 is 0 Å². The van der Waals surface area contributed by atoms with Crippen LogP contribution in [0.1, 0.15) is 15.9 Å². The molecule has 0 aromatic heterocycles. The maximum atomic E-state index is 12.4. The molecule has 1 aliphatic heterocycles. The number of hydrogen-bond donors (Lipinski definition) is 0. The average molecular weight is 322 g/mol. The molecule has 1 aliphatic rings. The van der Waals surface area contributed by atoms with E-state index in [0.29, 0.717) is 16.1 Å². The average Bonchev–Trinajstić information content (AvgIpc) is 2.71. The number of methoxy groups -OCH3 is 1. The third-order valence-corrected chi connectivity index (χ3v) is 3.99. The number of nitrogens with zero attached hydrogens (tertiary/aromatic N) is 1. The molecule has 0 amide bonds. The summed E-state index contributed by atoms with van der Waals surface area (Å²) in [7, 11) is 1.52. The summed E-state index contributed by atoms with van der Waals surface area (Å²) in [5.74, 6) is 0.181. The van der Waals surface area contributed by atoms with E-state index in [4.69, 9.17) is 27.9 Å². The van der Waals surface area contributed by atoms with E-state index in [1.807, 2.05) is 0 Å². The number of carbonyl (C=O) groups is 1. The number of benzene rings is 2. The van der Waals surface area contributed by atoms with Crippen LogP contribution in [0.5, 0.6) is 5.75 Å². The van der Waals surface area contributed by atoms with Crippen LogP contribution in [-0.2, 0) is 0 Å². The quantitative estimate of drug-likeness (QED) is 0.624. The Morgan fingerprint density at radius 1 is 1.14 bits per heavy atom. The maximum Gasteiger partial charge on any atom is 0.273 e. The minimum absolute atomic E-state index is 0.0298. The lowest BCUT2D eigenvalue weighted by atomic mass is 10.0. The Bertz CT molecular complexity index is 800. The highest BCUT2D eigenvalue weighted by Gasteiger charge is 2.37. The van der Waals surface area contributed by atoms with Gasteiger partial charge in [-0.3, -0.25) is 4.79 Å². The van der Waals surface area contributed by atoms with Crippen molar-refractivity contribution in [3.05, 3.63) is 62.8 Å². The molecule has 0 saturated heterocycles. The molecule has 0 radical (unpaired) electrons. The Balaban J connectivity index is 2.18. The van der Waals surface area contributed by atoms with Crippen LogP contribution >= 0.6 is 23.2 Å². The second kappa shape index (κ2) is 5.06. The molecule has 2 aromatic carbocycles. The summed E-state index contributed by atoms with van der Waals surface area (Å²) < 4.78 is 5.69. The van der Waals surface area contributed by atoms with Crippen molar-refractivity contribution < 1.29 is 14.3 Å². The minimum atomic E-state index is -0.383. The maximum absolute atomic E-state index is 12.4. The van der Waals surface area contributed by atoms with E-state index >= 15 is 0 Å². The summed E-state index contributed by atoms with van der Waals surface area (Å²) in [6.07, 6.45) is 0. The van der Waals surface area contributed by atoms with Gasteiger partial charge in [0.15, 0.2) is 0 Å². The predicted molar refractivity (Wildman–Crippen MR) is 81.2 cm³/mol. The predicted octanol–water partition coefficient (Wildman–Crippen LogP) is 3.83. The zero-order valence-electron chi connectivity index (χ0n) is 10.9. The first-order valence-electron chi connectivity index (χ1n) is 6.05. The largest absolute Gasteiger partial charge is 0.618 e. The van der Waals surface area contributed by atoms with Gasteiger partial charge in [-0.25, -0.2) is 0 Å². The molecule has 4 nitrogen and oxygen atoms in total. The molecule has 0 fully saturated rings. The van der Waals surface area contributed by atoms with Gasteiger partial charge in [0.1, 0.15) is 11.3 Å². The molecule has 0 bridgehead atoms. The van der Waals surface area contributed by atoms with Crippen molar-refractivity contribution >= 4 is 40.4 Å². The summed E-state index contributed by atoms with van der Waals surface area (Å²) in [5, 5.41) is 12.9. The topological polar surface area (TPSA) is 52.4 Å². The third-order valence-electron chi connectivity index (χ3n) is 3.26. The van der Waals surface area contributed by atoms with Crippen molar-refractivity contribution in [3.8, 4) is 5.75 Å². The normalized spacial score (nSPS) is 13.6. The minimum Gasteiger partial charge on any atom is -0.618 e. The van der Waals surface area contributed by atoms with Crippen LogP contribution in [0, 0.1) is 5.21 Å². The van der Waals surface area contributed by atoms with Crippen LogP contribution in [0.2, 0.25) is 10.0 Å². The van der Waals surface area contributed by atoms with Crippen molar-refractivity contribution in [1.29, 1.82) is 0 Å². The van der Waals surface area contributed by atoms with E-state index in [0.717, 1.165) is 0 Å². The molecule has 0 N–H and O–H groups in total. The van der Waals surface area contributed by atoms with Gasteiger partial charge in [0.25, 0.3) is 11.5 Å². The fourth-order valence-corrected chi connectivity index (χ4v) is 2.57. The Hall–Kier alpha value is -2.04. The van der Waals surface area contributed by atoms with E-state index in [-0.39, 0.29) is 32.8 Å². The van der Waals surface area contributed by atoms with Gasteiger partial charge in [-0.2, -0.15) is 4.74 Å². The van der Waals surface area contributed by atoms with Crippen LogP contribution in [0.25, 0.3) is 0 Å². The second-order valence-corrected chi connectivity index (χ2v) is 5.30. The summed E-state index contributed by atoms with van der Waals surface area (Å²) >= 11 is 11.8. The number of rotatable bonds is 2. The van der Waals surface area contributed by atoms with E-state index in [1.165, 1.54) is 19.2 Å². The standard InChI is InChI=1S/C15H9Cl2NO3/c1-21-9-4-2-3-8(5-9)14-15(19)10-6-11(16)12(17)7-13(10)18(14)20/h2-7H,1H3. The lowest BCUT2D eigenvalue weighted by molar-refractivity contribution is -0.355. The molecule has 6 heteroatoms. The molecule has 106 valence electrons. The summed E-state index contributed by atoms with van der Waals surface area (Å²) in [4.78, 5) is 12.4. The van der Waals surface area contributed by atoms with Crippen molar-refractivity contribution in [2.24, 2.45) is 0 Å². The second-order valence-electron chi connectivity index (χ2n) is 4.49. The van der Waals surface area contributed by atoms with Crippen LogP contribution in [-0.4, -0.2) is 23.3 Å². The molecule has 0 unspecified atom stereocenters. The fourth-order valence-electron chi connectivity index (χ4n) is 2.25. The highest BCUT2D eigenvalue weighted by Crippen LogP contribution is 2.35. The van der Waals surface area contributed by atoms with Gasteiger partial charge in [0.05, 0.1) is 22.7 Å². The first kappa shape index (κ1) is 13.9. The molecule has 0 saturated carbocycles. The molecule has 0 spiro atoms. The van der Waals surface area contributed by atoms with Gasteiger partial charge in [-0.15, -0.1) is 0 Å². The van der Waals surface area contributed by atoms with Crippen molar-refractivity contribution in [2.75, 3.05) is 7.11 Å². The van der Waals surface area contributed by atoms with Crippen LogP contribution in [0.4, 0.5) is 5.69 Å². The number of carbonyl (C=O) groups excluding carboxylic acids is 1. The monoisotopic (exact) mass is 321 g/mol. The van der Waals surface area contributed by atoms with Gasteiger partial charge in [0, 0.05) is 6.07 Å². The number of hydrogen-bond acceptors (Lipinski definition) is 3. The number of fused-ring (bicyclic) bond motifs is 1. The molecule has 1 heterocycles. The molecule has 0 atom stereocenters. The van der Waals surface area contributed by atoms with Gasteiger partial charge in [-0.1, -0.05) is 29.3 Å². The first-order chi connectivity index (χ1) is 10.0. The highest BCUT2D eigenvalue weighted by molar-refractivity contribution is 6.53. The number of ether oxygens (including phenoxy) is 1. The zero-order valence-corrected chi connectivity index (χ0v) is 12.4. The molecule has 21 heavy (non-hydrogen) atoms. The first-order valence-corrected chi connectivity index (χ1v) is 6.81. The number of ketones is 1. The molecular weight excluding hydrogens is 313 g/mol. The van der Waals surface area contributed by atoms with E-state index < -0.39 is 0 Å². The van der Waals surface area contributed by atoms with Gasteiger partial charge < -0.3 is 9.94 Å². The van der Waals surface area contributed by atoms with Crippen molar-refractivity contribution in [1.82, 2.24) is 0 Å². The SMILES string of the molecule is COc1cccc(C2=[N+]([O-])c3cc(Cl)c(Cl)cc3C2=O)c1. The molecular formula is C15H9Cl2NO3. The van der Waals surface area contributed by atoms with Gasteiger partial charge in [0.2, 0.25) is 5.69 Å². The third kappa shape index (κ3) is 2.17. The summed E-state index contributed by atoms with van der Waals surface area (Å²) in [6, 6.07) is 9.57. The van der Waals surface area contributed by atoms with E-state index in [1.54, 1.807) is 24.3 Å². The van der Waals surface area contributed by atoms with Gasteiger partial charge in [-0.05, 0) is 24.3 Å².